The van der Waals surface area contributed by atoms with Crippen LogP contribution >= 0.6 is 12.6 Å². The van der Waals surface area contributed by atoms with Crippen LogP contribution in [0.4, 0.5) is 0 Å². The Bertz CT molecular complexity index is 1450. The molecule has 42 heavy (non-hydrogen) atoms. The number of para-hydroxylation sites is 1. The standard InChI is InChI=1S/C31H37N5O5S/c1-18(2)15-24(28(38)34-25(27(37)32-3)16-19-17-33-23-12-7-6-9-20(19)23)35-29(39)26(42)13-8-14-36-30(40)21-10-4-5-11-22(21)31(36)41/h4-7,9-12,17-18,24-26,33,42H,8,13-16H2,1-3H3,(H,32,37)(H,34,38)(H,35,39)/t24?,25-,26?/m0/s1. The van der Waals surface area contributed by atoms with Crippen molar-refractivity contribution in [1.82, 2.24) is 25.8 Å². The van der Waals surface area contributed by atoms with Crippen molar-refractivity contribution in [3.8, 4) is 0 Å². The van der Waals surface area contributed by atoms with Crippen molar-refractivity contribution >= 4 is 53.1 Å². The lowest BCUT2D eigenvalue weighted by Gasteiger charge is -2.25. The summed E-state index contributed by atoms with van der Waals surface area (Å²) in [5.74, 6) is -1.85. The van der Waals surface area contributed by atoms with E-state index in [0.29, 0.717) is 30.4 Å². The third kappa shape index (κ3) is 7.02. The van der Waals surface area contributed by atoms with E-state index in [0.717, 1.165) is 16.5 Å². The van der Waals surface area contributed by atoms with Gasteiger partial charge in [0.25, 0.3) is 11.8 Å². The molecule has 222 valence electrons. The maximum Gasteiger partial charge on any atom is 0.261 e. The smallest absolute Gasteiger partial charge is 0.261 e. The van der Waals surface area contributed by atoms with Crippen LogP contribution in [0.1, 0.15) is 59.4 Å². The molecule has 3 aromatic rings. The fourth-order valence-electron chi connectivity index (χ4n) is 5.16. The highest BCUT2D eigenvalue weighted by Gasteiger charge is 2.35. The van der Waals surface area contributed by atoms with Gasteiger partial charge in [-0.2, -0.15) is 12.6 Å². The van der Waals surface area contributed by atoms with E-state index < -0.39 is 29.1 Å². The van der Waals surface area contributed by atoms with Gasteiger partial charge in [-0.25, -0.2) is 0 Å². The minimum absolute atomic E-state index is 0.0836. The molecule has 0 saturated heterocycles. The van der Waals surface area contributed by atoms with Crippen LogP contribution in [0.3, 0.4) is 0 Å². The van der Waals surface area contributed by atoms with Gasteiger partial charge in [0.2, 0.25) is 17.7 Å². The molecule has 3 atom stereocenters. The summed E-state index contributed by atoms with van der Waals surface area (Å²) in [5, 5.41) is 8.45. The fraction of sp³-hybridized carbons (Fsp3) is 0.387. The molecule has 1 aromatic heterocycles. The van der Waals surface area contributed by atoms with Crippen molar-refractivity contribution in [3.05, 3.63) is 71.4 Å². The number of thiol groups is 1. The number of hydrogen-bond acceptors (Lipinski definition) is 6. The molecular weight excluding hydrogens is 554 g/mol. The molecule has 0 spiro atoms. The lowest BCUT2D eigenvalue weighted by atomic mass is 10.0. The van der Waals surface area contributed by atoms with Crippen molar-refractivity contribution in [1.29, 1.82) is 0 Å². The molecule has 5 amide bonds. The average Bonchev–Trinajstić information content (AvgIpc) is 3.49. The van der Waals surface area contributed by atoms with Gasteiger partial charge in [-0.05, 0) is 48.9 Å². The highest BCUT2D eigenvalue weighted by Crippen LogP contribution is 2.23. The highest BCUT2D eigenvalue weighted by atomic mass is 32.1. The number of aromatic nitrogens is 1. The van der Waals surface area contributed by atoms with E-state index >= 15 is 0 Å². The van der Waals surface area contributed by atoms with Gasteiger partial charge in [0.1, 0.15) is 12.1 Å². The lowest BCUT2D eigenvalue weighted by molar-refractivity contribution is -0.132. The van der Waals surface area contributed by atoms with E-state index in [1.165, 1.54) is 11.9 Å². The first-order chi connectivity index (χ1) is 20.1. The van der Waals surface area contributed by atoms with Crippen LogP contribution in [-0.2, 0) is 20.8 Å². The third-order valence-corrected chi connectivity index (χ3v) is 7.85. The first-order valence-electron chi connectivity index (χ1n) is 14.1. The molecule has 0 fully saturated rings. The zero-order valence-electron chi connectivity index (χ0n) is 24.0. The Balaban J connectivity index is 1.35. The summed E-state index contributed by atoms with van der Waals surface area (Å²) in [4.78, 5) is 68.8. The van der Waals surface area contributed by atoms with Crippen molar-refractivity contribution in [2.24, 2.45) is 5.92 Å². The number of imide groups is 1. The predicted octanol–water partition coefficient (Wildman–Crippen LogP) is 2.85. The largest absolute Gasteiger partial charge is 0.361 e. The van der Waals surface area contributed by atoms with Gasteiger partial charge in [-0.3, -0.25) is 28.9 Å². The Morgan fingerprint density at radius 1 is 0.881 bits per heavy atom. The van der Waals surface area contributed by atoms with Crippen LogP contribution in [0.25, 0.3) is 10.9 Å². The Morgan fingerprint density at radius 3 is 2.14 bits per heavy atom. The molecule has 1 aliphatic heterocycles. The third-order valence-electron chi connectivity index (χ3n) is 7.36. The van der Waals surface area contributed by atoms with Gasteiger partial charge in [0.05, 0.1) is 16.4 Å². The molecule has 11 heteroatoms. The van der Waals surface area contributed by atoms with E-state index in [-0.39, 0.29) is 36.6 Å². The first kappa shape index (κ1) is 30.8. The normalized spacial score (nSPS) is 14.9. The molecule has 0 bridgehead atoms. The Kier molecular flexibility index (Phi) is 10.1. The topological polar surface area (TPSA) is 140 Å². The summed E-state index contributed by atoms with van der Waals surface area (Å²) in [6, 6.07) is 12.7. The minimum Gasteiger partial charge on any atom is -0.361 e. The van der Waals surface area contributed by atoms with Crippen molar-refractivity contribution in [2.75, 3.05) is 13.6 Å². The second-order valence-corrected chi connectivity index (χ2v) is 11.5. The number of hydrogen-bond donors (Lipinski definition) is 5. The number of carbonyl (C=O) groups is 5. The summed E-state index contributed by atoms with van der Waals surface area (Å²) >= 11 is 4.44. The Labute approximate surface area is 250 Å². The van der Waals surface area contributed by atoms with Gasteiger partial charge in [-0.1, -0.05) is 44.2 Å². The van der Waals surface area contributed by atoms with Crippen LogP contribution in [0.15, 0.2) is 54.7 Å². The van der Waals surface area contributed by atoms with E-state index in [1.54, 1.807) is 24.3 Å². The van der Waals surface area contributed by atoms with Crippen molar-refractivity contribution < 1.29 is 24.0 Å². The quantitative estimate of drug-likeness (QED) is 0.154. The summed E-state index contributed by atoms with van der Waals surface area (Å²) in [7, 11) is 1.51. The molecule has 2 aromatic carbocycles. The van der Waals surface area contributed by atoms with Crippen molar-refractivity contribution in [3.63, 3.8) is 0 Å². The monoisotopic (exact) mass is 591 g/mol. The molecule has 4 rings (SSSR count). The number of aromatic amines is 1. The number of nitrogens with zero attached hydrogens (tertiary/aromatic N) is 1. The van der Waals surface area contributed by atoms with Crippen LogP contribution in [0.2, 0.25) is 0 Å². The van der Waals surface area contributed by atoms with Crippen molar-refractivity contribution in [2.45, 2.75) is 56.9 Å². The van der Waals surface area contributed by atoms with E-state index in [1.807, 2.05) is 44.3 Å². The van der Waals surface area contributed by atoms with Gasteiger partial charge in [-0.15, -0.1) is 0 Å². The number of amides is 5. The fourth-order valence-corrected chi connectivity index (χ4v) is 5.42. The van der Waals surface area contributed by atoms with E-state index in [4.69, 9.17) is 0 Å². The molecule has 2 unspecified atom stereocenters. The zero-order valence-corrected chi connectivity index (χ0v) is 24.9. The lowest BCUT2D eigenvalue weighted by Crippen LogP contribution is -2.55. The zero-order chi connectivity index (χ0) is 30.4. The van der Waals surface area contributed by atoms with Crippen LogP contribution in [0.5, 0.6) is 0 Å². The highest BCUT2D eigenvalue weighted by molar-refractivity contribution is 7.81. The number of nitrogens with one attached hydrogen (secondary N) is 4. The van der Waals surface area contributed by atoms with Gasteiger partial charge >= 0.3 is 0 Å². The molecule has 2 heterocycles. The SMILES string of the molecule is CNC(=O)[C@H](Cc1c[nH]c2ccccc12)NC(=O)C(CC(C)C)NC(=O)C(S)CCCN1C(=O)c2ccccc2C1=O. The molecular formula is C31H37N5O5S. The predicted molar refractivity (Wildman–Crippen MR) is 163 cm³/mol. The van der Waals surface area contributed by atoms with Crippen LogP contribution in [-0.4, -0.2) is 70.3 Å². The maximum atomic E-state index is 13.4. The number of carbonyl (C=O) groups excluding carboxylic acids is 5. The Hall–Kier alpha value is -4.12. The second kappa shape index (κ2) is 13.7. The maximum absolute atomic E-state index is 13.4. The molecule has 0 saturated carbocycles. The average molecular weight is 592 g/mol. The van der Waals surface area contributed by atoms with E-state index in [2.05, 4.69) is 33.6 Å². The number of rotatable bonds is 13. The van der Waals surface area contributed by atoms with Gasteiger partial charge in [0, 0.05) is 37.1 Å². The number of fused-ring (bicyclic) bond motifs is 2. The molecule has 1 aliphatic rings. The number of likely N-dealkylation sites (N-methyl/N-ethyl adjacent to an activating group) is 1. The summed E-state index contributed by atoms with van der Waals surface area (Å²) in [6.45, 7) is 4.04. The molecule has 4 N–H and O–H groups in total. The van der Waals surface area contributed by atoms with Crippen LogP contribution < -0.4 is 16.0 Å². The first-order valence-corrected chi connectivity index (χ1v) is 14.6. The molecule has 10 nitrogen and oxygen atoms in total. The molecule has 0 radical (unpaired) electrons. The number of benzene rings is 2. The summed E-state index contributed by atoms with van der Waals surface area (Å²) < 4.78 is 0. The van der Waals surface area contributed by atoms with Gasteiger partial charge < -0.3 is 20.9 Å². The van der Waals surface area contributed by atoms with Crippen LogP contribution in [0, 0.1) is 5.92 Å². The van der Waals surface area contributed by atoms with Gasteiger partial charge in [0.15, 0.2) is 0 Å². The second-order valence-electron chi connectivity index (χ2n) is 10.9. The summed E-state index contributed by atoms with van der Waals surface area (Å²) in [5.41, 5.74) is 2.58. The molecule has 0 aliphatic carbocycles. The number of H-pyrrole nitrogens is 1. The Morgan fingerprint density at radius 2 is 1.50 bits per heavy atom. The van der Waals surface area contributed by atoms with E-state index in [9.17, 15) is 24.0 Å². The summed E-state index contributed by atoms with van der Waals surface area (Å²) in [6.07, 6.45) is 3.12. The minimum atomic E-state index is -0.876.